The molecule has 1 atom stereocenters. The first-order chi connectivity index (χ1) is 14.1. The second kappa shape index (κ2) is 8.64. The van der Waals surface area contributed by atoms with Crippen LogP contribution in [0.3, 0.4) is 0 Å². The number of nitrogens with zero attached hydrogens (tertiary/aromatic N) is 1. The predicted molar refractivity (Wildman–Crippen MR) is 118 cm³/mol. The van der Waals surface area contributed by atoms with Crippen LogP contribution in [0.5, 0.6) is 5.75 Å². The van der Waals surface area contributed by atoms with Gasteiger partial charge in [0.15, 0.2) is 0 Å². The Morgan fingerprint density at radius 2 is 1.90 bits per heavy atom. The minimum atomic E-state index is -0.172. The van der Waals surface area contributed by atoms with E-state index in [0.29, 0.717) is 17.2 Å². The number of anilines is 1. The number of aryl methyl sites for hydroxylation is 1. The van der Waals surface area contributed by atoms with E-state index in [9.17, 15) is 4.79 Å². The molecule has 1 unspecified atom stereocenters. The SMILES string of the molecule is Cc1cc(NC(=O)c2ccccc2OC(C)C2CCCCC2)c2ncccc2c1. The highest BCUT2D eigenvalue weighted by Gasteiger charge is 2.23. The van der Waals surface area contributed by atoms with Crippen LogP contribution in [0, 0.1) is 12.8 Å². The fraction of sp³-hybridized carbons (Fsp3) is 0.360. The Bertz CT molecular complexity index is 1010. The number of hydrogen-bond acceptors (Lipinski definition) is 3. The van der Waals surface area contributed by atoms with Gasteiger partial charge in [0.1, 0.15) is 5.75 Å². The lowest BCUT2D eigenvalue weighted by molar-refractivity contribution is 0.0998. The second-order valence-corrected chi connectivity index (χ2v) is 8.06. The van der Waals surface area contributed by atoms with Crippen LogP contribution in [-0.4, -0.2) is 17.0 Å². The Morgan fingerprint density at radius 3 is 2.72 bits per heavy atom. The Hall–Kier alpha value is -2.88. The zero-order chi connectivity index (χ0) is 20.2. The van der Waals surface area contributed by atoms with E-state index >= 15 is 0 Å². The number of aromatic nitrogens is 1. The number of amides is 1. The maximum atomic E-state index is 13.1. The van der Waals surface area contributed by atoms with Crippen molar-refractivity contribution in [2.75, 3.05) is 5.32 Å². The Labute approximate surface area is 172 Å². The number of ether oxygens (including phenoxy) is 1. The summed E-state index contributed by atoms with van der Waals surface area (Å²) in [4.78, 5) is 17.6. The zero-order valence-corrected chi connectivity index (χ0v) is 17.2. The smallest absolute Gasteiger partial charge is 0.259 e. The van der Waals surface area contributed by atoms with Crippen LogP contribution in [0.2, 0.25) is 0 Å². The van der Waals surface area contributed by atoms with Crippen molar-refractivity contribution in [1.29, 1.82) is 0 Å². The van der Waals surface area contributed by atoms with E-state index in [4.69, 9.17) is 4.74 Å². The average molecular weight is 389 g/mol. The lowest BCUT2D eigenvalue weighted by Gasteiger charge is -2.28. The van der Waals surface area contributed by atoms with Gasteiger partial charge in [0.05, 0.1) is 22.9 Å². The van der Waals surface area contributed by atoms with Crippen LogP contribution in [0.25, 0.3) is 10.9 Å². The quantitative estimate of drug-likeness (QED) is 0.571. The van der Waals surface area contributed by atoms with Gasteiger partial charge in [-0.25, -0.2) is 0 Å². The third-order valence-electron chi connectivity index (χ3n) is 5.86. The molecule has 1 aromatic heterocycles. The lowest BCUT2D eigenvalue weighted by atomic mass is 9.86. The van der Waals surface area contributed by atoms with Crippen LogP contribution in [-0.2, 0) is 0 Å². The van der Waals surface area contributed by atoms with Gasteiger partial charge in [-0.05, 0) is 68.5 Å². The number of para-hydroxylation sites is 1. The molecule has 1 aliphatic rings. The van der Waals surface area contributed by atoms with Crippen molar-refractivity contribution in [3.63, 3.8) is 0 Å². The standard InChI is InChI=1S/C25H28N2O2/c1-17-15-20-11-8-14-26-24(20)22(16-17)27-25(28)21-12-6-7-13-23(21)29-18(2)19-9-4-3-5-10-19/h6-8,11-16,18-19H,3-5,9-10H2,1-2H3,(H,27,28). The molecule has 0 radical (unpaired) electrons. The van der Waals surface area contributed by atoms with Gasteiger partial charge >= 0.3 is 0 Å². The molecule has 150 valence electrons. The summed E-state index contributed by atoms with van der Waals surface area (Å²) in [5.41, 5.74) is 3.15. The highest BCUT2D eigenvalue weighted by atomic mass is 16.5. The maximum absolute atomic E-state index is 13.1. The molecule has 1 heterocycles. The number of carbonyl (C=O) groups excluding carboxylic acids is 1. The van der Waals surface area contributed by atoms with Crippen molar-refractivity contribution < 1.29 is 9.53 Å². The summed E-state index contributed by atoms with van der Waals surface area (Å²) in [7, 11) is 0. The normalized spacial score (nSPS) is 15.8. The zero-order valence-electron chi connectivity index (χ0n) is 17.2. The van der Waals surface area contributed by atoms with E-state index in [1.54, 1.807) is 6.20 Å². The highest BCUT2D eigenvalue weighted by molar-refractivity contribution is 6.09. The molecular weight excluding hydrogens is 360 g/mol. The van der Waals surface area contributed by atoms with Crippen molar-refractivity contribution in [3.05, 3.63) is 65.9 Å². The van der Waals surface area contributed by atoms with Crippen LogP contribution in [0.4, 0.5) is 5.69 Å². The van der Waals surface area contributed by atoms with Crippen molar-refractivity contribution >= 4 is 22.5 Å². The van der Waals surface area contributed by atoms with E-state index < -0.39 is 0 Å². The fourth-order valence-electron chi connectivity index (χ4n) is 4.28. The number of benzene rings is 2. The first kappa shape index (κ1) is 19.4. The number of rotatable bonds is 5. The molecule has 1 aliphatic carbocycles. The third kappa shape index (κ3) is 4.42. The Morgan fingerprint density at radius 1 is 1.10 bits per heavy atom. The van der Waals surface area contributed by atoms with E-state index in [1.165, 1.54) is 32.1 Å². The predicted octanol–water partition coefficient (Wildman–Crippen LogP) is 6.14. The van der Waals surface area contributed by atoms with Gasteiger partial charge in [0.2, 0.25) is 0 Å². The molecule has 3 aromatic rings. The summed E-state index contributed by atoms with van der Waals surface area (Å²) >= 11 is 0. The summed E-state index contributed by atoms with van der Waals surface area (Å²) < 4.78 is 6.28. The number of carbonyl (C=O) groups is 1. The van der Waals surface area contributed by atoms with E-state index in [0.717, 1.165) is 22.2 Å². The van der Waals surface area contributed by atoms with Crippen LogP contribution in [0.1, 0.15) is 54.9 Å². The second-order valence-electron chi connectivity index (χ2n) is 8.06. The van der Waals surface area contributed by atoms with Gasteiger partial charge in [0.25, 0.3) is 5.91 Å². The summed E-state index contributed by atoms with van der Waals surface area (Å²) in [6.45, 7) is 4.15. The number of fused-ring (bicyclic) bond motifs is 1. The molecule has 4 nitrogen and oxygen atoms in total. The fourth-order valence-corrected chi connectivity index (χ4v) is 4.28. The van der Waals surface area contributed by atoms with Crippen molar-refractivity contribution in [2.24, 2.45) is 5.92 Å². The van der Waals surface area contributed by atoms with Gasteiger partial charge < -0.3 is 10.1 Å². The van der Waals surface area contributed by atoms with Gasteiger partial charge in [-0.15, -0.1) is 0 Å². The summed E-state index contributed by atoms with van der Waals surface area (Å²) in [5.74, 6) is 1.03. The molecular formula is C25H28N2O2. The van der Waals surface area contributed by atoms with E-state index in [2.05, 4.69) is 23.3 Å². The van der Waals surface area contributed by atoms with Crippen LogP contribution < -0.4 is 10.1 Å². The minimum absolute atomic E-state index is 0.103. The first-order valence-corrected chi connectivity index (χ1v) is 10.5. The van der Waals surface area contributed by atoms with Gasteiger partial charge in [0, 0.05) is 11.6 Å². The van der Waals surface area contributed by atoms with Crippen LogP contribution in [0.15, 0.2) is 54.7 Å². The molecule has 2 aromatic carbocycles. The highest BCUT2D eigenvalue weighted by Crippen LogP contribution is 2.31. The van der Waals surface area contributed by atoms with Crippen LogP contribution >= 0.6 is 0 Å². The number of nitrogens with one attached hydrogen (secondary N) is 1. The van der Waals surface area contributed by atoms with Gasteiger partial charge in [-0.2, -0.15) is 0 Å². The molecule has 1 amide bonds. The molecule has 1 fully saturated rings. The van der Waals surface area contributed by atoms with Crippen molar-refractivity contribution in [3.8, 4) is 5.75 Å². The van der Waals surface area contributed by atoms with Crippen molar-refractivity contribution in [1.82, 2.24) is 4.98 Å². The summed E-state index contributed by atoms with van der Waals surface area (Å²) in [6.07, 6.45) is 8.12. The maximum Gasteiger partial charge on any atom is 0.259 e. The van der Waals surface area contributed by atoms with Gasteiger partial charge in [-0.3, -0.25) is 9.78 Å². The monoisotopic (exact) mass is 388 g/mol. The number of pyridine rings is 1. The molecule has 29 heavy (non-hydrogen) atoms. The lowest BCUT2D eigenvalue weighted by Crippen LogP contribution is -2.26. The Balaban J connectivity index is 1.57. The summed E-state index contributed by atoms with van der Waals surface area (Å²) in [5, 5.41) is 4.07. The third-order valence-corrected chi connectivity index (χ3v) is 5.86. The molecule has 1 N–H and O–H groups in total. The molecule has 1 saturated carbocycles. The van der Waals surface area contributed by atoms with E-state index in [1.807, 2.05) is 49.4 Å². The molecule has 4 rings (SSSR count). The molecule has 0 saturated heterocycles. The Kier molecular flexibility index (Phi) is 5.79. The molecule has 0 aliphatic heterocycles. The molecule has 0 bridgehead atoms. The van der Waals surface area contributed by atoms with E-state index in [-0.39, 0.29) is 12.0 Å². The average Bonchev–Trinajstić information content (AvgIpc) is 2.74. The van der Waals surface area contributed by atoms with Crippen molar-refractivity contribution in [2.45, 2.75) is 52.1 Å². The minimum Gasteiger partial charge on any atom is -0.490 e. The summed E-state index contributed by atoms with van der Waals surface area (Å²) in [6, 6.07) is 15.5. The first-order valence-electron chi connectivity index (χ1n) is 10.5. The molecule has 0 spiro atoms. The molecule has 4 heteroatoms. The topological polar surface area (TPSA) is 51.2 Å². The number of hydrogen-bond donors (Lipinski definition) is 1. The van der Waals surface area contributed by atoms with Gasteiger partial charge in [-0.1, -0.05) is 37.5 Å². The largest absolute Gasteiger partial charge is 0.490 e.